The Morgan fingerprint density at radius 1 is 1.40 bits per heavy atom. The molecule has 1 N–H and O–H groups in total. The normalized spacial score (nSPS) is 12.7. The first kappa shape index (κ1) is 12.5. The minimum absolute atomic E-state index is 0.447. The van der Waals surface area contributed by atoms with Gasteiger partial charge < -0.3 is 5.11 Å². The zero-order valence-corrected chi connectivity index (χ0v) is 9.87. The molecule has 3 heteroatoms. The number of hydrogen-bond acceptors (Lipinski definition) is 2. The van der Waals surface area contributed by atoms with Gasteiger partial charge in [0.25, 0.3) is 0 Å². The molecule has 0 aliphatic heterocycles. The van der Waals surface area contributed by atoms with E-state index in [1.54, 1.807) is 18.5 Å². The van der Waals surface area contributed by atoms with E-state index in [-0.39, 0.29) is 0 Å². The predicted molar refractivity (Wildman–Crippen MR) is 63.0 cm³/mol. The molecule has 1 rings (SSSR count). The van der Waals surface area contributed by atoms with Gasteiger partial charge in [-0.2, -0.15) is 0 Å². The zero-order valence-electron chi connectivity index (χ0n) is 9.12. The molecule has 0 aliphatic carbocycles. The first-order valence-corrected chi connectivity index (χ1v) is 5.91. The van der Waals surface area contributed by atoms with E-state index in [1.165, 1.54) is 19.3 Å². The van der Waals surface area contributed by atoms with Crippen molar-refractivity contribution in [2.75, 3.05) is 0 Å². The third kappa shape index (κ3) is 4.18. The highest BCUT2D eigenvalue weighted by Gasteiger charge is 2.10. The summed E-state index contributed by atoms with van der Waals surface area (Å²) in [6.45, 7) is 2.18. The Hall–Kier alpha value is -0.600. The van der Waals surface area contributed by atoms with Crippen molar-refractivity contribution >= 4 is 11.6 Å². The average Bonchev–Trinajstić information content (AvgIpc) is 2.25. The van der Waals surface area contributed by atoms with E-state index in [0.29, 0.717) is 5.02 Å². The van der Waals surface area contributed by atoms with E-state index in [4.69, 9.17) is 11.6 Å². The van der Waals surface area contributed by atoms with Gasteiger partial charge >= 0.3 is 0 Å². The number of rotatable bonds is 6. The van der Waals surface area contributed by atoms with Crippen molar-refractivity contribution in [1.29, 1.82) is 0 Å². The average molecular weight is 228 g/mol. The van der Waals surface area contributed by atoms with Crippen LogP contribution >= 0.6 is 11.6 Å². The van der Waals surface area contributed by atoms with Gasteiger partial charge in [-0.05, 0) is 12.5 Å². The van der Waals surface area contributed by atoms with Crippen LogP contribution in [-0.2, 0) is 0 Å². The monoisotopic (exact) mass is 227 g/mol. The summed E-state index contributed by atoms with van der Waals surface area (Å²) in [6, 6.07) is 1.78. The van der Waals surface area contributed by atoms with Crippen LogP contribution in [0.4, 0.5) is 0 Å². The Morgan fingerprint density at radius 3 is 2.87 bits per heavy atom. The Balaban J connectivity index is 2.40. The maximum Gasteiger partial charge on any atom is 0.0805 e. The second-order valence-corrected chi connectivity index (χ2v) is 4.17. The highest BCUT2D eigenvalue weighted by Crippen LogP contribution is 2.25. The lowest BCUT2D eigenvalue weighted by molar-refractivity contribution is 0.163. The van der Waals surface area contributed by atoms with Crippen molar-refractivity contribution < 1.29 is 5.11 Å². The summed E-state index contributed by atoms with van der Waals surface area (Å²) in [5.74, 6) is 0. The molecular formula is C12H18ClNO. The molecule has 2 nitrogen and oxygen atoms in total. The Labute approximate surface area is 96.3 Å². The number of pyridine rings is 1. The van der Waals surface area contributed by atoms with E-state index in [1.807, 2.05) is 0 Å². The number of aliphatic hydroxyl groups excluding tert-OH is 1. The van der Waals surface area contributed by atoms with Crippen LogP contribution in [-0.4, -0.2) is 10.1 Å². The van der Waals surface area contributed by atoms with Gasteiger partial charge in [-0.25, -0.2) is 0 Å². The number of aromatic nitrogens is 1. The minimum atomic E-state index is -0.447. The Bertz CT molecular complexity index is 291. The predicted octanol–water partition coefficient (Wildman–Crippen LogP) is 3.74. The van der Waals surface area contributed by atoms with E-state index < -0.39 is 6.10 Å². The van der Waals surface area contributed by atoms with Crippen molar-refractivity contribution in [3.8, 4) is 0 Å². The molecular weight excluding hydrogens is 210 g/mol. The summed E-state index contributed by atoms with van der Waals surface area (Å²) in [5.41, 5.74) is 0.795. The fourth-order valence-corrected chi connectivity index (χ4v) is 1.82. The fraction of sp³-hybridized carbons (Fsp3) is 0.583. The first-order chi connectivity index (χ1) is 7.25. The van der Waals surface area contributed by atoms with Gasteiger partial charge in [-0.15, -0.1) is 0 Å². The first-order valence-electron chi connectivity index (χ1n) is 5.53. The number of halogens is 1. The molecule has 0 aliphatic rings. The van der Waals surface area contributed by atoms with Crippen LogP contribution < -0.4 is 0 Å². The van der Waals surface area contributed by atoms with Crippen LogP contribution in [0.5, 0.6) is 0 Å². The maximum atomic E-state index is 9.89. The molecule has 1 aromatic heterocycles. The number of hydrogen-bond donors (Lipinski definition) is 1. The van der Waals surface area contributed by atoms with Crippen LogP contribution in [0.25, 0.3) is 0 Å². The summed E-state index contributed by atoms with van der Waals surface area (Å²) in [7, 11) is 0. The Morgan fingerprint density at radius 2 is 2.20 bits per heavy atom. The second-order valence-electron chi connectivity index (χ2n) is 3.76. The summed E-state index contributed by atoms with van der Waals surface area (Å²) >= 11 is 5.94. The third-order valence-electron chi connectivity index (χ3n) is 2.49. The zero-order chi connectivity index (χ0) is 11.1. The number of nitrogens with zero attached hydrogens (tertiary/aromatic N) is 1. The van der Waals surface area contributed by atoms with Crippen LogP contribution in [0.15, 0.2) is 18.5 Å². The lowest BCUT2D eigenvalue weighted by Gasteiger charge is -2.11. The molecule has 1 aromatic rings. The van der Waals surface area contributed by atoms with Crippen molar-refractivity contribution in [2.24, 2.45) is 0 Å². The van der Waals surface area contributed by atoms with Gasteiger partial charge in [0, 0.05) is 18.0 Å². The molecule has 0 radical (unpaired) electrons. The molecule has 1 atom stereocenters. The van der Waals surface area contributed by atoms with Gasteiger partial charge in [0.15, 0.2) is 0 Å². The van der Waals surface area contributed by atoms with Crippen molar-refractivity contribution in [3.63, 3.8) is 0 Å². The van der Waals surface area contributed by atoms with Crippen LogP contribution in [0.3, 0.4) is 0 Å². The number of aliphatic hydroxyl groups is 1. The molecule has 1 unspecified atom stereocenters. The van der Waals surface area contributed by atoms with Crippen molar-refractivity contribution in [1.82, 2.24) is 4.98 Å². The largest absolute Gasteiger partial charge is 0.388 e. The molecule has 15 heavy (non-hydrogen) atoms. The lowest BCUT2D eigenvalue weighted by Crippen LogP contribution is -1.98. The molecule has 0 saturated carbocycles. The topological polar surface area (TPSA) is 33.1 Å². The van der Waals surface area contributed by atoms with Gasteiger partial charge in [-0.1, -0.05) is 44.2 Å². The van der Waals surface area contributed by atoms with Crippen LogP contribution in [0.1, 0.15) is 50.7 Å². The van der Waals surface area contributed by atoms with Gasteiger partial charge in [0.05, 0.1) is 11.1 Å². The summed E-state index contributed by atoms with van der Waals surface area (Å²) in [6.07, 6.45) is 8.25. The molecule has 0 aromatic carbocycles. The van der Waals surface area contributed by atoms with Crippen LogP contribution in [0.2, 0.25) is 5.02 Å². The molecule has 0 bridgehead atoms. The molecule has 0 amide bonds. The quantitative estimate of drug-likeness (QED) is 0.751. The lowest BCUT2D eigenvalue weighted by atomic mass is 10.0. The summed E-state index contributed by atoms with van der Waals surface area (Å²) in [5, 5.41) is 10.4. The molecule has 0 spiro atoms. The van der Waals surface area contributed by atoms with E-state index in [2.05, 4.69) is 11.9 Å². The molecule has 0 fully saturated rings. The number of unbranched alkanes of at least 4 members (excludes halogenated alkanes) is 3. The maximum absolute atomic E-state index is 9.89. The minimum Gasteiger partial charge on any atom is -0.388 e. The molecule has 0 saturated heterocycles. The van der Waals surface area contributed by atoms with Crippen LogP contribution in [0, 0.1) is 0 Å². The highest BCUT2D eigenvalue weighted by molar-refractivity contribution is 6.31. The molecule has 1 heterocycles. The third-order valence-corrected chi connectivity index (χ3v) is 2.81. The summed E-state index contributed by atoms with van der Waals surface area (Å²) in [4.78, 5) is 3.89. The smallest absolute Gasteiger partial charge is 0.0805 e. The standard InChI is InChI=1S/C12H18ClNO/c1-2-3-4-5-6-12(15)10-7-8-14-9-11(10)13/h7-9,12,15H,2-6H2,1H3. The highest BCUT2D eigenvalue weighted by atomic mass is 35.5. The molecule has 84 valence electrons. The van der Waals surface area contributed by atoms with Crippen molar-refractivity contribution in [2.45, 2.75) is 45.1 Å². The van der Waals surface area contributed by atoms with Gasteiger partial charge in [0.1, 0.15) is 0 Å². The van der Waals surface area contributed by atoms with Gasteiger partial charge in [-0.3, -0.25) is 4.98 Å². The van der Waals surface area contributed by atoms with Gasteiger partial charge in [0.2, 0.25) is 0 Å². The van der Waals surface area contributed by atoms with E-state index in [9.17, 15) is 5.11 Å². The second kappa shape index (κ2) is 6.81. The fourth-order valence-electron chi connectivity index (χ4n) is 1.58. The van der Waals surface area contributed by atoms with E-state index >= 15 is 0 Å². The summed E-state index contributed by atoms with van der Waals surface area (Å²) < 4.78 is 0. The van der Waals surface area contributed by atoms with Crippen molar-refractivity contribution in [3.05, 3.63) is 29.0 Å². The SMILES string of the molecule is CCCCCCC(O)c1ccncc1Cl. The Kier molecular flexibility index (Phi) is 5.66. The van der Waals surface area contributed by atoms with E-state index in [0.717, 1.165) is 18.4 Å².